The van der Waals surface area contributed by atoms with E-state index < -0.39 is 0 Å². The molecule has 0 aliphatic heterocycles. The van der Waals surface area contributed by atoms with Gasteiger partial charge in [0.1, 0.15) is 0 Å². The molecule has 0 aliphatic carbocycles. The van der Waals surface area contributed by atoms with Crippen LogP contribution in [0.3, 0.4) is 0 Å². The molecule has 17 heavy (non-hydrogen) atoms. The molecule has 1 rings (SSSR count). The van der Waals surface area contributed by atoms with Crippen LogP contribution in [0.1, 0.15) is 16.8 Å². The number of hydrogen-bond acceptors (Lipinski definition) is 3. The number of thiazole rings is 1. The number of nitrogens with zero attached hydrogens (tertiary/aromatic N) is 2. The molecule has 0 saturated carbocycles. The molecule has 1 heterocycles. The zero-order valence-electron chi connectivity index (χ0n) is 10.2. The lowest BCUT2D eigenvalue weighted by atomic mass is 10.4. The predicted octanol–water partition coefficient (Wildman–Crippen LogP) is 2.09. The lowest BCUT2D eigenvalue weighted by molar-refractivity contribution is 0.846. The van der Waals surface area contributed by atoms with Crippen molar-refractivity contribution in [1.82, 2.24) is 10.3 Å². The molecule has 0 saturated heterocycles. The number of rotatable bonds is 5. The molecular weight excluding hydrogens is 347 g/mol. The summed E-state index contributed by atoms with van der Waals surface area (Å²) in [5.41, 5.74) is 6.67. The quantitative estimate of drug-likeness (QED) is 0.363. The molecule has 1 aromatic heterocycles. The highest BCUT2D eigenvalue weighted by Gasteiger charge is 1.98. The number of hydrogen-bond donors (Lipinski definition) is 2. The fourth-order valence-electron chi connectivity index (χ4n) is 1.09. The van der Waals surface area contributed by atoms with Crippen molar-refractivity contribution < 1.29 is 0 Å². The van der Waals surface area contributed by atoms with Crippen LogP contribution in [0.5, 0.6) is 0 Å². The Bertz CT molecular complexity index is 387. The Hall–Kier alpha value is -0.630. The average molecular weight is 366 g/mol. The summed E-state index contributed by atoms with van der Waals surface area (Å²) in [7, 11) is 0. The van der Waals surface area contributed by atoms with Crippen molar-refractivity contribution in [2.75, 3.05) is 13.1 Å². The van der Waals surface area contributed by atoms with Crippen LogP contribution in [0.2, 0.25) is 0 Å². The fourth-order valence-corrected chi connectivity index (χ4v) is 1.88. The van der Waals surface area contributed by atoms with Gasteiger partial charge in [0.25, 0.3) is 0 Å². The van der Waals surface area contributed by atoms with E-state index in [1.165, 1.54) is 4.88 Å². The minimum absolute atomic E-state index is 0. The summed E-state index contributed by atoms with van der Waals surface area (Å²) in [6, 6.07) is 0. The first-order valence-electron chi connectivity index (χ1n) is 5.17. The lowest BCUT2D eigenvalue weighted by Crippen LogP contribution is -2.33. The first kappa shape index (κ1) is 16.4. The Labute approximate surface area is 123 Å². The standard InChI is InChI=1S/C11H18N4S.HI/c1-8(2)6-15-11(12)13-5-4-10-14-7-9(3)16-10;/h7H,1,4-6H2,2-3H3,(H3,12,13,15);1H. The number of nitrogens with two attached hydrogens (primary N) is 1. The molecule has 0 unspecified atom stereocenters. The Balaban J connectivity index is 0.00000256. The van der Waals surface area contributed by atoms with Crippen molar-refractivity contribution in [3.05, 3.63) is 28.2 Å². The zero-order chi connectivity index (χ0) is 12.0. The zero-order valence-corrected chi connectivity index (χ0v) is 13.3. The summed E-state index contributed by atoms with van der Waals surface area (Å²) in [4.78, 5) is 9.63. The first-order valence-corrected chi connectivity index (χ1v) is 5.99. The molecule has 0 aliphatic rings. The maximum absolute atomic E-state index is 5.67. The Morgan fingerprint density at radius 1 is 1.65 bits per heavy atom. The molecule has 1 aromatic rings. The fraction of sp³-hybridized carbons (Fsp3) is 0.455. The van der Waals surface area contributed by atoms with Crippen LogP contribution in [-0.2, 0) is 6.42 Å². The minimum atomic E-state index is 0. The van der Waals surface area contributed by atoms with Gasteiger partial charge in [-0.2, -0.15) is 0 Å². The van der Waals surface area contributed by atoms with Crippen molar-refractivity contribution in [2.24, 2.45) is 10.7 Å². The number of aliphatic imine (C=N–C) groups is 1. The molecule has 6 heteroatoms. The van der Waals surface area contributed by atoms with Crippen LogP contribution >= 0.6 is 35.3 Å². The molecule has 96 valence electrons. The van der Waals surface area contributed by atoms with Crippen molar-refractivity contribution in [3.8, 4) is 0 Å². The van der Waals surface area contributed by atoms with E-state index in [2.05, 4.69) is 28.8 Å². The van der Waals surface area contributed by atoms with Crippen LogP contribution in [-0.4, -0.2) is 24.0 Å². The second kappa shape index (κ2) is 8.46. The second-order valence-corrected chi connectivity index (χ2v) is 5.02. The van der Waals surface area contributed by atoms with Crippen LogP contribution in [0.4, 0.5) is 0 Å². The number of aryl methyl sites for hydroxylation is 1. The summed E-state index contributed by atoms with van der Waals surface area (Å²) in [6.45, 7) is 9.08. The molecular formula is C11H19IN4S. The Kier molecular flexibility index (Phi) is 8.15. The van der Waals surface area contributed by atoms with Gasteiger partial charge in [-0.1, -0.05) is 12.2 Å². The van der Waals surface area contributed by atoms with E-state index in [-0.39, 0.29) is 24.0 Å². The summed E-state index contributed by atoms with van der Waals surface area (Å²) in [5, 5.41) is 4.17. The SMILES string of the molecule is C=C(C)CN=C(N)NCCc1ncc(C)s1.I. The van der Waals surface area contributed by atoms with Gasteiger partial charge in [-0.25, -0.2) is 9.98 Å². The highest BCUT2D eigenvalue weighted by molar-refractivity contribution is 14.0. The number of aromatic nitrogens is 1. The van der Waals surface area contributed by atoms with E-state index in [1.54, 1.807) is 11.3 Å². The van der Waals surface area contributed by atoms with Crippen LogP contribution in [0, 0.1) is 6.92 Å². The summed E-state index contributed by atoms with van der Waals surface area (Å²) in [6.07, 6.45) is 2.76. The van der Waals surface area contributed by atoms with E-state index in [4.69, 9.17) is 5.73 Å². The molecule has 0 amide bonds. The van der Waals surface area contributed by atoms with Crippen LogP contribution in [0.15, 0.2) is 23.3 Å². The summed E-state index contributed by atoms with van der Waals surface area (Å²) < 4.78 is 0. The molecule has 0 atom stereocenters. The molecule has 3 N–H and O–H groups in total. The third-order valence-corrected chi connectivity index (χ3v) is 2.81. The number of guanidine groups is 1. The maximum Gasteiger partial charge on any atom is 0.188 e. The topological polar surface area (TPSA) is 63.3 Å². The van der Waals surface area contributed by atoms with E-state index in [0.717, 1.165) is 23.5 Å². The maximum atomic E-state index is 5.67. The van der Waals surface area contributed by atoms with Crippen LogP contribution < -0.4 is 11.1 Å². The van der Waals surface area contributed by atoms with Gasteiger partial charge in [0, 0.05) is 24.0 Å². The smallest absolute Gasteiger partial charge is 0.188 e. The molecule has 0 radical (unpaired) electrons. The highest BCUT2D eigenvalue weighted by Crippen LogP contribution is 2.10. The number of halogens is 1. The van der Waals surface area contributed by atoms with Crippen molar-refractivity contribution >= 4 is 41.3 Å². The van der Waals surface area contributed by atoms with Gasteiger partial charge in [0.2, 0.25) is 0 Å². The second-order valence-electron chi connectivity index (χ2n) is 3.70. The van der Waals surface area contributed by atoms with Gasteiger partial charge in [-0.15, -0.1) is 35.3 Å². The molecule has 0 fully saturated rings. The normalized spacial score (nSPS) is 10.8. The highest BCUT2D eigenvalue weighted by atomic mass is 127. The number of nitrogens with one attached hydrogen (secondary N) is 1. The monoisotopic (exact) mass is 366 g/mol. The minimum Gasteiger partial charge on any atom is -0.370 e. The van der Waals surface area contributed by atoms with Crippen molar-refractivity contribution in [2.45, 2.75) is 20.3 Å². The van der Waals surface area contributed by atoms with Crippen LogP contribution in [0.25, 0.3) is 0 Å². The van der Waals surface area contributed by atoms with E-state index in [1.807, 2.05) is 13.1 Å². The van der Waals surface area contributed by atoms with Gasteiger partial charge in [0.05, 0.1) is 11.6 Å². The average Bonchev–Trinajstić information content (AvgIpc) is 2.61. The third kappa shape index (κ3) is 7.32. The van der Waals surface area contributed by atoms with Gasteiger partial charge < -0.3 is 11.1 Å². The third-order valence-electron chi connectivity index (χ3n) is 1.83. The summed E-state index contributed by atoms with van der Waals surface area (Å²) >= 11 is 1.71. The van der Waals surface area contributed by atoms with Gasteiger partial charge in [0.15, 0.2) is 5.96 Å². The van der Waals surface area contributed by atoms with E-state index >= 15 is 0 Å². The van der Waals surface area contributed by atoms with E-state index in [9.17, 15) is 0 Å². The molecule has 0 aromatic carbocycles. The largest absolute Gasteiger partial charge is 0.370 e. The Morgan fingerprint density at radius 2 is 2.35 bits per heavy atom. The van der Waals surface area contributed by atoms with Crippen molar-refractivity contribution in [1.29, 1.82) is 0 Å². The first-order chi connectivity index (χ1) is 7.58. The molecule has 4 nitrogen and oxygen atoms in total. The lowest BCUT2D eigenvalue weighted by Gasteiger charge is -2.03. The van der Waals surface area contributed by atoms with Gasteiger partial charge in [-0.05, 0) is 13.8 Å². The van der Waals surface area contributed by atoms with Crippen molar-refractivity contribution in [3.63, 3.8) is 0 Å². The van der Waals surface area contributed by atoms with Gasteiger partial charge >= 0.3 is 0 Å². The van der Waals surface area contributed by atoms with Gasteiger partial charge in [-0.3, -0.25) is 0 Å². The Morgan fingerprint density at radius 3 is 2.88 bits per heavy atom. The molecule has 0 bridgehead atoms. The molecule has 0 spiro atoms. The summed E-state index contributed by atoms with van der Waals surface area (Å²) in [5.74, 6) is 0.469. The van der Waals surface area contributed by atoms with E-state index in [0.29, 0.717) is 12.5 Å². The predicted molar refractivity (Wildman–Crippen MR) is 85.3 cm³/mol.